The summed E-state index contributed by atoms with van der Waals surface area (Å²) in [5.74, 6) is -0.319. The number of rotatable bonds is 5. The van der Waals surface area contributed by atoms with Crippen LogP contribution in [-0.2, 0) is 4.74 Å². The molecule has 6 nitrogen and oxygen atoms in total. The molecule has 0 fully saturated rings. The minimum absolute atomic E-state index is 0.0413. The number of fused-ring (bicyclic) bond motifs is 4. The molecule has 0 atom stereocenters. The van der Waals surface area contributed by atoms with Crippen molar-refractivity contribution in [3.63, 3.8) is 0 Å². The third-order valence-electron chi connectivity index (χ3n) is 6.05. The number of carbonyl (C=O) groups excluding carboxylic acids is 2. The molecule has 0 spiro atoms. The summed E-state index contributed by atoms with van der Waals surface area (Å²) in [4.78, 5) is 30.6. The topological polar surface area (TPSA) is 74.3 Å². The van der Waals surface area contributed by atoms with E-state index in [0.717, 1.165) is 21.8 Å². The van der Waals surface area contributed by atoms with E-state index in [4.69, 9.17) is 9.15 Å². The van der Waals surface area contributed by atoms with Crippen molar-refractivity contribution in [1.82, 2.24) is 9.55 Å². The highest BCUT2D eigenvalue weighted by Gasteiger charge is 2.20. The monoisotopic (exact) mass is 460 g/mol. The van der Waals surface area contributed by atoms with Crippen molar-refractivity contribution in [3.05, 3.63) is 103 Å². The van der Waals surface area contributed by atoms with Crippen LogP contribution in [-0.4, -0.2) is 28.0 Å². The summed E-state index contributed by atoms with van der Waals surface area (Å²) >= 11 is 0. The molecule has 0 aliphatic carbocycles. The molecule has 0 amide bonds. The van der Waals surface area contributed by atoms with Crippen molar-refractivity contribution in [2.45, 2.75) is 6.42 Å². The summed E-state index contributed by atoms with van der Waals surface area (Å²) in [5.41, 5.74) is 3.91. The lowest BCUT2D eigenvalue weighted by atomic mass is 10.1. The maximum absolute atomic E-state index is 13.2. The maximum Gasteiger partial charge on any atom is 0.338 e. The predicted molar refractivity (Wildman–Crippen MR) is 134 cm³/mol. The average Bonchev–Trinajstić information content (AvgIpc) is 3.48. The Morgan fingerprint density at radius 2 is 1.40 bits per heavy atom. The van der Waals surface area contributed by atoms with Crippen LogP contribution in [0.2, 0.25) is 0 Å². The van der Waals surface area contributed by atoms with Crippen molar-refractivity contribution in [1.29, 1.82) is 0 Å². The van der Waals surface area contributed by atoms with Crippen LogP contribution in [0, 0.1) is 0 Å². The maximum atomic E-state index is 13.2. The summed E-state index contributed by atoms with van der Waals surface area (Å²) < 4.78 is 13.1. The first kappa shape index (κ1) is 20.9. The van der Waals surface area contributed by atoms with Crippen LogP contribution in [0.15, 0.2) is 101 Å². The van der Waals surface area contributed by atoms with Crippen LogP contribution in [0.4, 0.5) is 0 Å². The quantitative estimate of drug-likeness (QED) is 0.275. The van der Waals surface area contributed by atoms with Gasteiger partial charge in [0.2, 0.25) is 11.8 Å². The van der Waals surface area contributed by atoms with Crippen LogP contribution in [0.5, 0.6) is 0 Å². The molecule has 0 aliphatic rings. The molecule has 0 radical (unpaired) electrons. The number of carbonyl (C=O) groups is 2. The standard InChI is InChI=1S/C29H20N2O4/c32-27(31-24-14-6-3-9-19(24)20-10-4-7-15-25(20)31)17-18-34-29(33)22-12-2-1-11-21(22)28-30-23-13-5-8-16-26(23)35-28/h1-16H,17-18H2. The Bertz CT molecular complexity index is 1640. The summed E-state index contributed by atoms with van der Waals surface area (Å²) in [6, 6.07) is 30.0. The SMILES string of the molecule is O=C(OCCC(=O)n1c2ccccc2c2ccccc21)c1ccccc1-c1nc2ccccc2o1. The van der Waals surface area contributed by atoms with Gasteiger partial charge < -0.3 is 9.15 Å². The van der Waals surface area contributed by atoms with E-state index < -0.39 is 5.97 Å². The molecule has 4 aromatic carbocycles. The number of nitrogens with zero attached hydrogens (tertiary/aromatic N) is 2. The fourth-order valence-corrected chi connectivity index (χ4v) is 4.45. The van der Waals surface area contributed by atoms with E-state index in [0.29, 0.717) is 28.1 Å². The Balaban J connectivity index is 1.22. The van der Waals surface area contributed by atoms with E-state index in [1.807, 2.05) is 78.9 Å². The fourth-order valence-electron chi connectivity index (χ4n) is 4.45. The van der Waals surface area contributed by atoms with E-state index in [-0.39, 0.29) is 18.9 Å². The van der Waals surface area contributed by atoms with Gasteiger partial charge in [-0.2, -0.15) is 0 Å². The molecule has 0 bridgehead atoms. The summed E-state index contributed by atoms with van der Waals surface area (Å²) in [5, 5.41) is 2.03. The Kier molecular flexibility index (Phi) is 5.11. The Hall–Kier alpha value is -4.71. The Labute approximate surface area is 200 Å². The number of aromatic nitrogens is 2. The zero-order valence-corrected chi connectivity index (χ0v) is 18.7. The van der Waals surface area contributed by atoms with Gasteiger partial charge in [0.1, 0.15) is 12.1 Å². The fraction of sp³-hybridized carbons (Fsp3) is 0.0690. The molecule has 6 aromatic rings. The van der Waals surface area contributed by atoms with Gasteiger partial charge in [-0.25, -0.2) is 9.78 Å². The molecular formula is C29H20N2O4. The van der Waals surface area contributed by atoms with Crippen LogP contribution < -0.4 is 0 Å². The highest BCUT2D eigenvalue weighted by Crippen LogP contribution is 2.29. The third kappa shape index (κ3) is 3.65. The van der Waals surface area contributed by atoms with Gasteiger partial charge in [0.25, 0.3) is 0 Å². The Morgan fingerprint density at radius 3 is 2.14 bits per heavy atom. The minimum atomic E-state index is -0.530. The largest absolute Gasteiger partial charge is 0.462 e. The van der Waals surface area contributed by atoms with Gasteiger partial charge in [0.05, 0.1) is 28.6 Å². The molecule has 35 heavy (non-hydrogen) atoms. The predicted octanol–water partition coefficient (Wildman–Crippen LogP) is 6.49. The van der Waals surface area contributed by atoms with E-state index in [1.165, 1.54) is 0 Å². The van der Waals surface area contributed by atoms with Gasteiger partial charge in [0, 0.05) is 10.8 Å². The Morgan fingerprint density at radius 1 is 0.771 bits per heavy atom. The van der Waals surface area contributed by atoms with Crippen molar-refractivity contribution in [3.8, 4) is 11.5 Å². The molecule has 0 saturated carbocycles. The number of ether oxygens (including phenoxy) is 1. The van der Waals surface area contributed by atoms with E-state index in [2.05, 4.69) is 4.98 Å². The number of para-hydroxylation sites is 4. The third-order valence-corrected chi connectivity index (χ3v) is 6.05. The molecule has 6 rings (SSSR count). The molecule has 0 N–H and O–H groups in total. The second-order valence-corrected chi connectivity index (χ2v) is 8.18. The first-order valence-corrected chi connectivity index (χ1v) is 11.3. The first-order valence-electron chi connectivity index (χ1n) is 11.3. The normalized spacial score (nSPS) is 11.3. The number of hydrogen-bond acceptors (Lipinski definition) is 5. The summed E-state index contributed by atoms with van der Waals surface area (Å²) in [6.07, 6.45) is 0.0550. The van der Waals surface area contributed by atoms with E-state index >= 15 is 0 Å². The molecular weight excluding hydrogens is 440 g/mol. The van der Waals surface area contributed by atoms with Crippen molar-refractivity contribution in [2.24, 2.45) is 0 Å². The molecule has 170 valence electrons. The number of esters is 1. The summed E-state index contributed by atoms with van der Waals surface area (Å²) in [6.45, 7) is -0.0413. The van der Waals surface area contributed by atoms with Crippen molar-refractivity contribution in [2.75, 3.05) is 6.61 Å². The highest BCUT2D eigenvalue weighted by atomic mass is 16.5. The zero-order chi connectivity index (χ0) is 23.8. The van der Waals surface area contributed by atoms with Gasteiger partial charge in [-0.05, 0) is 36.4 Å². The number of oxazole rings is 1. The average molecular weight is 460 g/mol. The van der Waals surface area contributed by atoms with Crippen molar-refractivity contribution < 1.29 is 18.7 Å². The summed E-state index contributed by atoms with van der Waals surface area (Å²) in [7, 11) is 0. The lowest BCUT2D eigenvalue weighted by molar-refractivity contribution is 0.0491. The zero-order valence-electron chi connectivity index (χ0n) is 18.7. The highest BCUT2D eigenvalue weighted by molar-refractivity contribution is 6.13. The van der Waals surface area contributed by atoms with Gasteiger partial charge in [-0.15, -0.1) is 0 Å². The molecule has 0 aliphatic heterocycles. The molecule has 2 heterocycles. The van der Waals surface area contributed by atoms with Gasteiger partial charge in [0.15, 0.2) is 5.58 Å². The lowest BCUT2D eigenvalue weighted by Gasteiger charge is -2.09. The van der Waals surface area contributed by atoms with Crippen molar-refractivity contribution >= 4 is 44.8 Å². The smallest absolute Gasteiger partial charge is 0.338 e. The number of hydrogen-bond donors (Lipinski definition) is 0. The molecule has 0 unspecified atom stereocenters. The second kappa shape index (κ2) is 8.57. The van der Waals surface area contributed by atoms with Crippen LogP contribution >= 0.6 is 0 Å². The minimum Gasteiger partial charge on any atom is -0.462 e. The van der Waals surface area contributed by atoms with Crippen LogP contribution in [0.1, 0.15) is 21.6 Å². The van der Waals surface area contributed by atoms with Crippen LogP contribution in [0.3, 0.4) is 0 Å². The second-order valence-electron chi connectivity index (χ2n) is 8.18. The van der Waals surface area contributed by atoms with Gasteiger partial charge >= 0.3 is 5.97 Å². The van der Waals surface area contributed by atoms with Gasteiger partial charge in [-0.3, -0.25) is 9.36 Å². The molecule has 0 saturated heterocycles. The first-order chi connectivity index (χ1) is 17.2. The van der Waals surface area contributed by atoms with E-state index in [9.17, 15) is 9.59 Å². The van der Waals surface area contributed by atoms with E-state index in [1.54, 1.807) is 22.8 Å². The molecule has 2 aromatic heterocycles. The lowest BCUT2D eigenvalue weighted by Crippen LogP contribution is -2.15. The van der Waals surface area contributed by atoms with Gasteiger partial charge in [-0.1, -0.05) is 60.7 Å². The number of benzene rings is 4. The van der Waals surface area contributed by atoms with Crippen LogP contribution in [0.25, 0.3) is 44.4 Å². The molecule has 6 heteroatoms.